The number of nitrogens with one attached hydrogen (secondary N) is 1. The van der Waals surface area contributed by atoms with Crippen LogP contribution in [0, 0.1) is 0 Å². The van der Waals surface area contributed by atoms with Gasteiger partial charge in [0, 0.05) is 36.2 Å². The van der Waals surface area contributed by atoms with Crippen LogP contribution in [0.3, 0.4) is 0 Å². The Labute approximate surface area is 155 Å². The Bertz CT molecular complexity index is 747. The molecule has 0 spiro atoms. The van der Waals surface area contributed by atoms with Gasteiger partial charge in [0.1, 0.15) is 5.82 Å². The Balaban J connectivity index is 1.49. The molecule has 2 atom stereocenters. The van der Waals surface area contributed by atoms with Crippen LogP contribution in [0.1, 0.15) is 39.5 Å². The molecule has 5 heteroatoms. The predicted molar refractivity (Wildman–Crippen MR) is 108 cm³/mol. The number of aromatic nitrogens is 1. The molecular formula is C21H30N4O. The Hall–Kier alpha value is -1.85. The predicted octanol–water partition coefficient (Wildman–Crippen LogP) is 3.53. The van der Waals surface area contributed by atoms with Gasteiger partial charge in [-0.1, -0.05) is 0 Å². The molecule has 1 aromatic carbocycles. The number of rotatable bonds is 3. The van der Waals surface area contributed by atoms with Crippen molar-refractivity contribution in [2.24, 2.45) is 5.73 Å². The molecule has 2 fully saturated rings. The van der Waals surface area contributed by atoms with E-state index < -0.39 is 0 Å². The number of pyridine rings is 1. The summed E-state index contributed by atoms with van der Waals surface area (Å²) < 4.78 is 5.83. The molecule has 1 saturated heterocycles. The molecule has 0 radical (unpaired) electrons. The summed E-state index contributed by atoms with van der Waals surface area (Å²) >= 11 is 0. The summed E-state index contributed by atoms with van der Waals surface area (Å²) in [4.78, 5) is 7.22. The van der Waals surface area contributed by atoms with Crippen LogP contribution in [-0.4, -0.2) is 42.4 Å². The molecule has 5 nitrogen and oxygen atoms in total. The summed E-state index contributed by atoms with van der Waals surface area (Å²) in [6.45, 7) is 6.04. The number of hydrogen-bond donors (Lipinski definition) is 2. The second kappa shape index (κ2) is 7.41. The first-order valence-electron chi connectivity index (χ1n) is 9.90. The summed E-state index contributed by atoms with van der Waals surface area (Å²) in [5.74, 6) is 1.04. The van der Waals surface area contributed by atoms with Gasteiger partial charge in [-0.2, -0.15) is 0 Å². The van der Waals surface area contributed by atoms with Crippen molar-refractivity contribution >= 4 is 22.4 Å². The van der Waals surface area contributed by atoms with Crippen LogP contribution < -0.4 is 16.0 Å². The lowest BCUT2D eigenvalue weighted by atomic mass is 9.91. The maximum absolute atomic E-state index is 6.01. The number of benzene rings is 1. The normalized spacial score (nSPS) is 29.7. The SMILES string of the molecule is C[C@@H]1CN(c2ccc3cc(NC4CCC(N)CC4)ccc3n2)C[C@H](C)O1. The molecule has 3 N–H and O–H groups in total. The first-order chi connectivity index (χ1) is 12.6. The van der Waals surface area contributed by atoms with Crippen molar-refractivity contribution in [2.75, 3.05) is 23.3 Å². The Morgan fingerprint density at radius 2 is 1.77 bits per heavy atom. The lowest BCUT2D eigenvalue weighted by Gasteiger charge is -2.36. The summed E-state index contributed by atoms with van der Waals surface area (Å²) in [5.41, 5.74) is 8.24. The zero-order chi connectivity index (χ0) is 18.1. The van der Waals surface area contributed by atoms with Gasteiger partial charge in [0.05, 0.1) is 17.7 Å². The van der Waals surface area contributed by atoms with Crippen molar-refractivity contribution in [3.05, 3.63) is 30.3 Å². The molecule has 0 bridgehead atoms. The molecule has 2 aliphatic rings. The zero-order valence-electron chi connectivity index (χ0n) is 15.8. The van der Waals surface area contributed by atoms with Crippen molar-refractivity contribution in [3.8, 4) is 0 Å². The molecule has 1 aliphatic carbocycles. The number of ether oxygens (including phenoxy) is 1. The van der Waals surface area contributed by atoms with Gasteiger partial charge < -0.3 is 20.7 Å². The van der Waals surface area contributed by atoms with Gasteiger partial charge in [-0.05, 0) is 69.9 Å². The van der Waals surface area contributed by atoms with Gasteiger partial charge in [0.2, 0.25) is 0 Å². The van der Waals surface area contributed by atoms with Gasteiger partial charge in [-0.3, -0.25) is 0 Å². The fraction of sp³-hybridized carbons (Fsp3) is 0.571. The number of nitrogens with two attached hydrogens (primary N) is 1. The third-order valence-electron chi connectivity index (χ3n) is 5.56. The molecule has 1 aliphatic heterocycles. The van der Waals surface area contributed by atoms with Gasteiger partial charge in [0.25, 0.3) is 0 Å². The summed E-state index contributed by atoms with van der Waals surface area (Å²) in [6.07, 6.45) is 5.03. The monoisotopic (exact) mass is 354 g/mol. The van der Waals surface area contributed by atoms with Crippen molar-refractivity contribution in [3.63, 3.8) is 0 Å². The van der Waals surface area contributed by atoms with Crippen LogP contribution in [0.25, 0.3) is 10.9 Å². The number of hydrogen-bond acceptors (Lipinski definition) is 5. The van der Waals surface area contributed by atoms with E-state index in [9.17, 15) is 0 Å². The number of morpholine rings is 1. The molecule has 140 valence electrons. The number of anilines is 2. The van der Waals surface area contributed by atoms with E-state index in [4.69, 9.17) is 15.5 Å². The third kappa shape index (κ3) is 3.94. The van der Waals surface area contributed by atoms with Gasteiger partial charge >= 0.3 is 0 Å². The lowest BCUT2D eigenvalue weighted by molar-refractivity contribution is -0.00544. The Morgan fingerprint density at radius 1 is 1.04 bits per heavy atom. The molecule has 1 saturated carbocycles. The van der Waals surface area contributed by atoms with E-state index >= 15 is 0 Å². The Kier molecular flexibility index (Phi) is 5.00. The first-order valence-corrected chi connectivity index (χ1v) is 9.90. The van der Waals surface area contributed by atoms with Crippen LogP contribution in [0.4, 0.5) is 11.5 Å². The highest BCUT2D eigenvalue weighted by atomic mass is 16.5. The highest BCUT2D eigenvalue weighted by Gasteiger charge is 2.23. The second-order valence-electron chi connectivity index (χ2n) is 8.00. The minimum Gasteiger partial charge on any atom is -0.382 e. The van der Waals surface area contributed by atoms with E-state index in [1.807, 2.05) is 0 Å². The van der Waals surface area contributed by atoms with E-state index in [1.165, 1.54) is 11.1 Å². The van der Waals surface area contributed by atoms with E-state index in [2.05, 4.69) is 54.4 Å². The highest BCUT2D eigenvalue weighted by Crippen LogP contribution is 2.26. The van der Waals surface area contributed by atoms with E-state index in [0.29, 0.717) is 12.1 Å². The number of nitrogens with zero attached hydrogens (tertiary/aromatic N) is 2. The topological polar surface area (TPSA) is 63.4 Å². The van der Waals surface area contributed by atoms with Gasteiger partial charge in [-0.15, -0.1) is 0 Å². The average molecular weight is 354 g/mol. The van der Waals surface area contributed by atoms with E-state index in [0.717, 1.165) is 50.1 Å². The van der Waals surface area contributed by atoms with Crippen LogP contribution in [0.2, 0.25) is 0 Å². The van der Waals surface area contributed by atoms with E-state index in [1.54, 1.807) is 0 Å². The minimum atomic E-state index is 0.242. The average Bonchev–Trinajstić information content (AvgIpc) is 2.62. The van der Waals surface area contributed by atoms with E-state index in [-0.39, 0.29) is 12.2 Å². The largest absolute Gasteiger partial charge is 0.382 e. The van der Waals surface area contributed by atoms with Crippen LogP contribution in [0.15, 0.2) is 30.3 Å². The zero-order valence-corrected chi connectivity index (χ0v) is 15.8. The molecule has 4 rings (SSSR count). The van der Waals surface area contributed by atoms with Crippen molar-refractivity contribution in [2.45, 2.75) is 63.8 Å². The van der Waals surface area contributed by atoms with Crippen LogP contribution in [-0.2, 0) is 4.74 Å². The summed E-state index contributed by atoms with van der Waals surface area (Å²) in [5, 5.41) is 4.85. The Morgan fingerprint density at radius 3 is 2.50 bits per heavy atom. The van der Waals surface area contributed by atoms with Crippen molar-refractivity contribution in [1.29, 1.82) is 0 Å². The fourth-order valence-corrected chi connectivity index (χ4v) is 4.24. The molecule has 2 aromatic rings. The molecule has 0 unspecified atom stereocenters. The van der Waals surface area contributed by atoms with Crippen LogP contribution in [0.5, 0.6) is 0 Å². The second-order valence-corrected chi connectivity index (χ2v) is 8.00. The molecule has 1 aromatic heterocycles. The number of fused-ring (bicyclic) bond motifs is 1. The van der Waals surface area contributed by atoms with Crippen molar-refractivity contribution < 1.29 is 4.74 Å². The van der Waals surface area contributed by atoms with Crippen molar-refractivity contribution in [1.82, 2.24) is 4.98 Å². The summed E-state index contributed by atoms with van der Waals surface area (Å²) in [7, 11) is 0. The molecule has 2 heterocycles. The fourth-order valence-electron chi connectivity index (χ4n) is 4.24. The lowest BCUT2D eigenvalue weighted by Crippen LogP contribution is -2.45. The molecular weight excluding hydrogens is 324 g/mol. The standard InChI is InChI=1S/C21H30N4O/c1-14-12-25(13-15(2)26-14)21-10-3-16-11-19(8-9-20(16)24-21)23-18-6-4-17(22)5-7-18/h3,8-11,14-15,17-18,23H,4-7,12-13,22H2,1-2H3/t14-,15+,17?,18?. The summed E-state index contributed by atoms with van der Waals surface area (Å²) in [6, 6.07) is 11.7. The maximum atomic E-state index is 6.01. The molecule has 0 amide bonds. The van der Waals surface area contributed by atoms with Gasteiger partial charge in [-0.25, -0.2) is 4.98 Å². The maximum Gasteiger partial charge on any atom is 0.129 e. The smallest absolute Gasteiger partial charge is 0.129 e. The highest BCUT2D eigenvalue weighted by molar-refractivity contribution is 5.84. The quantitative estimate of drug-likeness (QED) is 0.883. The van der Waals surface area contributed by atoms with Crippen LogP contribution >= 0.6 is 0 Å². The molecule has 26 heavy (non-hydrogen) atoms. The minimum absolute atomic E-state index is 0.242. The third-order valence-corrected chi connectivity index (χ3v) is 5.56. The first kappa shape index (κ1) is 17.6. The van der Waals surface area contributed by atoms with Gasteiger partial charge in [0.15, 0.2) is 0 Å².